The van der Waals surface area contributed by atoms with E-state index in [1.807, 2.05) is 12.3 Å². The van der Waals surface area contributed by atoms with Gasteiger partial charge in [-0.1, -0.05) is 24.3 Å². The van der Waals surface area contributed by atoms with Gasteiger partial charge in [-0.05, 0) is 36.2 Å². The summed E-state index contributed by atoms with van der Waals surface area (Å²) in [5, 5.41) is 4.77. The first-order valence-electron chi connectivity index (χ1n) is 8.14. The molecule has 0 radical (unpaired) electrons. The highest BCUT2D eigenvalue weighted by molar-refractivity contribution is 6.05. The highest BCUT2D eigenvalue weighted by Crippen LogP contribution is 2.49. The minimum Gasteiger partial charge on any atom is -0.437 e. The number of nitrogens with zero attached hydrogens (tertiary/aromatic N) is 2. The summed E-state index contributed by atoms with van der Waals surface area (Å²) in [6.07, 6.45) is 3.93. The van der Waals surface area contributed by atoms with Crippen molar-refractivity contribution >= 4 is 21.5 Å². The molecule has 2 aromatic heterocycles. The molecule has 4 aromatic rings. The van der Waals surface area contributed by atoms with Crippen LogP contribution in [0.15, 0.2) is 48.8 Å². The summed E-state index contributed by atoms with van der Waals surface area (Å²) < 4.78 is 8.48. The first-order valence-corrected chi connectivity index (χ1v) is 8.14. The molecule has 0 spiro atoms. The SMILES string of the molecule is Cc1c2c(c(C)c3ccccc13)-c1c3c(nccc3cc[n+]1C)O2. The van der Waals surface area contributed by atoms with Crippen molar-refractivity contribution in [3.63, 3.8) is 0 Å². The van der Waals surface area contributed by atoms with E-state index in [0.717, 1.165) is 16.5 Å². The summed E-state index contributed by atoms with van der Waals surface area (Å²) in [7, 11) is 2.09. The van der Waals surface area contributed by atoms with Crippen molar-refractivity contribution in [3.8, 4) is 22.9 Å². The van der Waals surface area contributed by atoms with E-state index >= 15 is 0 Å². The van der Waals surface area contributed by atoms with Gasteiger partial charge >= 0.3 is 0 Å². The van der Waals surface area contributed by atoms with Crippen molar-refractivity contribution in [2.45, 2.75) is 13.8 Å². The summed E-state index contributed by atoms with van der Waals surface area (Å²) in [4.78, 5) is 4.49. The molecule has 0 bridgehead atoms. The first-order chi connectivity index (χ1) is 11.7. The van der Waals surface area contributed by atoms with Crippen LogP contribution in [-0.4, -0.2) is 4.98 Å². The molecule has 3 heteroatoms. The molecule has 3 heterocycles. The van der Waals surface area contributed by atoms with Crippen molar-refractivity contribution in [2.75, 3.05) is 0 Å². The Labute approximate surface area is 140 Å². The molecule has 0 saturated carbocycles. The third-order valence-electron chi connectivity index (χ3n) is 5.13. The summed E-state index contributed by atoms with van der Waals surface area (Å²) in [5.74, 6) is 1.63. The maximum atomic E-state index is 6.30. The van der Waals surface area contributed by atoms with Crippen molar-refractivity contribution in [2.24, 2.45) is 7.05 Å². The Morgan fingerprint density at radius 3 is 2.50 bits per heavy atom. The molecule has 0 atom stereocenters. The second kappa shape index (κ2) is 4.54. The number of benzene rings is 2. The molecule has 2 aromatic carbocycles. The Morgan fingerprint density at radius 2 is 1.71 bits per heavy atom. The first kappa shape index (κ1) is 13.5. The molecule has 1 aliphatic rings. The Morgan fingerprint density at radius 1 is 0.958 bits per heavy atom. The Balaban J connectivity index is 2.06. The van der Waals surface area contributed by atoms with Crippen LogP contribution in [0.1, 0.15) is 11.1 Å². The predicted octanol–water partition coefficient (Wildman–Crippen LogP) is 4.60. The van der Waals surface area contributed by atoms with E-state index in [1.165, 1.54) is 33.2 Å². The number of pyridine rings is 2. The molecular formula is C21H17N2O+. The van der Waals surface area contributed by atoms with Crippen LogP contribution in [0.3, 0.4) is 0 Å². The number of fused-ring (bicyclic) bond motifs is 3. The van der Waals surface area contributed by atoms with E-state index in [9.17, 15) is 0 Å². The number of hydrogen-bond donors (Lipinski definition) is 0. The van der Waals surface area contributed by atoms with E-state index < -0.39 is 0 Å². The van der Waals surface area contributed by atoms with Gasteiger partial charge in [0, 0.05) is 23.2 Å². The number of aromatic nitrogens is 2. The van der Waals surface area contributed by atoms with Gasteiger partial charge in [-0.15, -0.1) is 0 Å². The average molecular weight is 313 g/mol. The van der Waals surface area contributed by atoms with Crippen LogP contribution in [-0.2, 0) is 7.05 Å². The van der Waals surface area contributed by atoms with Gasteiger partial charge in [0.25, 0.3) is 0 Å². The fraction of sp³-hybridized carbons (Fsp3) is 0.143. The molecule has 1 aliphatic heterocycles. The number of hydrogen-bond acceptors (Lipinski definition) is 2. The Bertz CT molecular complexity index is 1160. The molecule has 0 amide bonds. The Kier molecular flexibility index (Phi) is 2.55. The maximum absolute atomic E-state index is 6.30. The van der Waals surface area contributed by atoms with Gasteiger partial charge in [0.15, 0.2) is 6.20 Å². The topological polar surface area (TPSA) is 26.0 Å². The smallest absolute Gasteiger partial charge is 0.233 e. The van der Waals surface area contributed by atoms with E-state index in [-0.39, 0.29) is 0 Å². The van der Waals surface area contributed by atoms with Gasteiger partial charge in [0.1, 0.15) is 18.2 Å². The van der Waals surface area contributed by atoms with Crippen molar-refractivity contribution in [1.82, 2.24) is 4.98 Å². The van der Waals surface area contributed by atoms with Gasteiger partial charge in [-0.25, -0.2) is 9.55 Å². The van der Waals surface area contributed by atoms with Crippen LogP contribution in [0, 0.1) is 13.8 Å². The third-order valence-corrected chi connectivity index (χ3v) is 5.13. The van der Waals surface area contributed by atoms with E-state index in [1.54, 1.807) is 0 Å². The minimum atomic E-state index is 0.698. The molecule has 3 nitrogen and oxygen atoms in total. The van der Waals surface area contributed by atoms with Crippen molar-refractivity contribution in [1.29, 1.82) is 0 Å². The second-order valence-electron chi connectivity index (χ2n) is 6.46. The number of aryl methyl sites for hydroxylation is 3. The second-order valence-corrected chi connectivity index (χ2v) is 6.46. The van der Waals surface area contributed by atoms with E-state index in [2.05, 4.69) is 67.0 Å². The van der Waals surface area contributed by atoms with Crippen LogP contribution < -0.4 is 9.30 Å². The van der Waals surface area contributed by atoms with Gasteiger partial charge in [-0.2, -0.15) is 0 Å². The van der Waals surface area contributed by atoms with Crippen LogP contribution in [0.5, 0.6) is 11.6 Å². The molecule has 0 N–H and O–H groups in total. The van der Waals surface area contributed by atoms with Crippen LogP contribution in [0.4, 0.5) is 0 Å². The van der Waals surface area contributed by atoms with Crippen LogP contribution in [0.25, 0.3) is 32.8 Å². The lowest BCUT2D eigenvalue weighted by Gasteiger charge is -2.23. The molecule has 0 aliphatic carbocycles. The molecule has 0 unspecified atom stereocenters. The van der Waals surface area contributed by atoms with Crippen molar-refractivity contribution < 1.29 is 9.30 Å². The fourth-order valence-corrected chi connectivity index (χ4v) is 3.92. The number of rotatable bonds is 0. The monoisotopic (exact) mass is 313 g/mol. The molecule has 116 valence electrons. The zero-order valence-electron chi connectivity index (χ0n) is 13.9. The molecular weight excluding hydrogens is 296 g/mol. The lowest BCUT2D eigenvalue weighted by atomic mass is 9.90. The summed E-state index contributed by atoms with van der Waals surface area (Å²) in [5.41, 5.74) is 4.78. The quantitative estimate of drug-likeness (QED) is 0.390. The van der Waals surface area contributed by atoms with Gasteiger partial charge in [-0.3, -0.25) is 0 Å². The predicted molar refractivity (Wildman–Crippen MR) is 95.4 cm³/mol. The third kappa shape index (κ3) is 1.56. The largest absolute Gasteiger partial charge is 0.437 e. The molecule has 0 saturated heterocycles. The Hall–Kier alpha value is -2.94. The van der Waals surface area contributed by atoms with E-state index in [4.69, 9.17) is 4.74 Å². The number of ether oxygens (including phenoxy) is 1. The maximum Gasteiger partial charge on any atom is 0.233 e. The lowest BCUT2D eigenvalue weighted by molar-refractivity contribution is -0.659. The summed E-state index contributed by atoms with van der Waals surface area (Å²) in [6.45, 7) is 4.32. The van der Waals surface area contributed by atoms with E-state index in [0.29, 0.717) is 5.88 Å². The molecule has 24 heavy (non-hydrogen) atoms. The standard InChI is InChI=1S/C21H17N2O/c1-12-15-6-4-5-7-16(15)13(2)20-17(12)19-18-14(9-11-23(19)3)8-10-22-21(18)24-20/h4-11H,1-3H3/q+1. The molecule has 5 rings (SSSR count). The average Bonchev–Trinajstić information content (AvgIpc) is 2.62. The van der Waals surface area contributed by atoms with Crippen LogP contribution in [0.2, 0.25) is 0 Å². The minimum absolute atomic E-state index is 0.698. The highest BCUT2D eigenvalue weighted by atomic mass is 16.5. The lowest BCUT2D eigenvalue weighted by Crippen LogP contribution is -2.32. The summed E-state index contributed by atoms with van der Waals surface area (Å²) in [6, 6.07) is 12.7. The zero-order valence-corrected chi connectivity index (χ0v) is 13.9. The van der Waals surface area contributed by atoms with Crippen LogP contribution >= 0.6 is 0 Å². The normalized spacial score (nSPS) is 12.3. The molecule has 0 fully saturated rings. The zero-order chi connectivity index (χ0) is 16.4. The van der Waals surface area contributed by atoms with Gasteiger partial charge < -0.3 is 4.74 Å². The van der Waals surface area contributed by atoms with Gasteiger partial charge in [0.2, 0.25) is 11.6 Å². The van der Waals surface area contributed by atoms with Crippen molar-refractivity contribution in [3.05, 3.63) is 59.9 Å². The summed E-state index contributed by atoms with van der Waals surface area (Å²) >= 11 is 0. The van der Waals surface area contributed by atoms with Gasteiger partial charge in [0.05, 0.1) is 5.56 Å². The fourth-order valence-electron chi connectivity index (χ4n) is 3.92. The highest BCUT2D eigenvalue weighted by Gasteiger charge is 2.32.